The van der Waals surface area contributed by atoms with Crippen LogP contribution in [-0.4, -0.2) is 57.6 Å². The minimum Gasteiger partial charge on any atom is -0.389 e. The number of amides is 1. The monoisotopic (exact) mass is 337 g/mol. The Morgan fingerprint density at radius 2 is 1.91 bits per heavy atom. The molecule has 5 nitrogen and oxygen atoms in total. The van der Waals surface area contributed by atoms with Crippen LogP contribution in [0.1, 0.15) is 37.7 Å². The Morgan fingerprint density at radius 3 is 2.52 bits per heavy atom. The molecule has 1 aromatic rings. The highest BCUT2D eigenvalue weighted by molar-refractivity contribution is 6.29. The topological polar surface area (TPSA) is 56.7 Å². The Bertz CT molecular complexity index is 535. The first-order valence-corrected chi connectivity index (χ1v) is 8.75. The molecule has 1 aliphatic heterocycles. The van der Waals surface area contributed by atoms with Gasteiger partial charge in [0.15, 0.2) is 0 Å². The number of hydrogen-bond donors (Lipinski definition) is 1. The maximum absolute atomic E-state index is 12.4. The molecule has 1 aromatic heterocycles. The van der Waals surface area contributed by atoms with Crippen LogP contribution >= 0.6 is 11.6 Å². The van der Waals surface area contributed by atoms with E-state index in [4.69, 9.17) is 11.6 Å². The summed E-state index contributed by atoms with van der Waals surface area (Å²) in [7, 11) is 0. The molecule has 1 N–H and O–H groups in total. The molecule has 0 spiro atoms. The first-order chi connectivity index (χ1) is 11.0. The molecule has 126 valence electrons. The molecule has 1 saturated heterocycles. The minimum atomic E-state index is -0.747. The van der Waals surface area contributed by atoms with Crippen molar-refractivity contribution >= 4 is 17.5 Å². The first kappa shape index (κ1) is 16.7. The van der Waals surface area contributed by atoms with Crippen molar-refractivity contribution in [1.29, 1.82) is 0 Å². The SMILES string of the molecule is O=C(CC1(O)CCCC1)N1CCN(Cc2ccc(Cl)nc2)CC1. The lowest BCUT2D eigenvalue weighted by molar-refractivity contribution is -0.138. The van der Waals surface area contributed by atoms with E-state index < -0.39 is 5.60 Å². The van der Waals surface area contributed by atoms with E-state index in [1.807, 2.05) is 11.0 Å². The molecular formula is C17H24ClN3O2. The maximum Gasteiger partial charge on any atom is 0.225 e. The fourth-order valence-electron chi connectivity index (χ4n) is 3.52. The van der Waals surface area contributed by atoms with Crippen LogP contribution in [0, 0.1) is 0 Å². The number of carbonyl (C=O) groups excluding carboxylic acids is 1. The number of nitrogens with zero attached hydrogens (tertiary/aromatic N) is 3. The lowest BCUT2D eigenvalue weighted by atomic mass is 9.97. The van der Waals surface area contributed by atoms with Gasteiger partial charge >= 0.3 is 0 Å². The van der Waals surface area contributed by atoms with E-state index in [1.54, 1.807) is 12.3 Å². The Morgan fingerprint density at radius 1 is 1.22 bits per heavy atom. The summed E-state index contributed by atoms with van der Waals surface area (Å²) in [6.45, 7) is 4.00. The van der Waals surface area contributed by atoms with E-state index in [1.165, 1.54) is 0 Å². The average Bonchev–Trinajstić information content (AvgIpc) is 2.96. The molecule has 0 atom stereocenters. The van der Waals surface area contributed by atoms with Crippen molar-refractivity contribution in [3.05, 3.63) is 29.0 Å². The summed E-state index contributed by atoms with van der Waals surface area (Å²) >= 11 is 5.80. The molecule has 6 heteroatoms. The van der Waals surface area contributed by atoms with E-state index in [0.717, 1.165) is 64.0 Å². The van der Waals surface area contributed by atoms with Crippen molar-refractivity contribution in [2.45, 2.75) is 44.2 Å². The Labute approximate surface area is 142 Å². The number of piperazine rings is 1. The number of rotatable bonds is 4. The number of hydrogen-bond acceptors (Lipinski definition) is 4. The van der Waals surface area contributed by atoms with Gasteiger partial charge in [0.05, 0.1) is 12.0 Å². The Hall–Kier alpha value is -1.17. The van der Waals surface area contributed by atoms with Crippen LogP contribution in [0.5, 0.6) is 0 Å². The van der Waals surface area contributed by atoms with E-state index in [2.05, 4.69) is 9.88 Å². The number of aliphatic hydroxyl groups is 1. The standard InChI is InChI=1S/C17H24ClN3O2/c18-15-4-3-14(12-19-15)13-20-7-9-21(10-8-20)16(22)11-17(23)5-1-2-6-17/h3-4,12,23H,1-2,5-11,13H2. The number of carbonyl (C=O) groups is 1. The molecule has 2 fully saturated rings. The van der Waals surface area contributed by atoms with Gasteiger partial charge in [-0.2, -0.15) is 0 Å². The lowest BCUT2D eigenvalue weighted by Gasteiger charge is -2.36. The minimum absolute atomic E-state index is 0.0993. The van der Waals surface area contributed by atoms with Crippen LogP contribution < -0.4 is 0 Å². The smallest absolute Gasteiger partial charge is 0.225 e. The Kier molecular flexibility index (Phi) is 5.19. The van der Waals surface area contributed by atoms with E-state index in [0.29, 0.717) is 5.15 Å². The fourth-order valence-corrected chi connectivity index (χ4v) is 3.63. The third-order valence-electron chi connectivity index (χ3n) is 4.93. The molecule has 0 bridgehead atoms. The summed E-state index contributed by atoms with van der Waals surface area (Å²) in [4.78, 5) is 20.7. The summed E-state index contributed by atoms with van der Waals surface area (Å²) in [5.41, 5.74) is 0.387. The number of halogens is 1. The largest absolute Gasteiger partial charge is 0.389 e. The summed E-state index contributed by atoms with van der Waals surface area (Å²) < 4.78 is 0. The maximum atomic E-state index is 12.4. The molecule has 0 unspecified atom stereocenters. The highest BCUT2D eigenvalue weighted by Gasteiger charge is 2.35. The van der Waals surface area contributed by atoms with E-state index >= 15 is 0 Å². The highest BCUT2D eigenvalue weighted by atomic mass is 35.5. The summed E-state index contributed by atoms with van der Waals surface area (Å²) in [5, 5.41) is 10.9. The second kappa shape index (κ2) is 7.16. The van der Waals surface area contributed by atoms with Gasteiger partial charge in [0, 0.05) is 38.9 Å². The van der Waals surface area contributed by atoms with Crippen molar-refractivity contribution < 1.29 is 9.90 Å². The van der Waals surface area contributed by atoms with Gasteiger partial charge in [0.25, 0.3) is 0 Å². The van der Waals surface area contributed by atoms with Crippen molar-refractivity contribution in [2.24, 2.45) is 0 Å². The molecule has 0 radical (unpaired) electrons. The second-order valence-electron chi connectivity index (χ2n) is 6.75. The molecule has 3 rings (SSSR count). The van der Waals surface area contributed by atoms with Crippen molar-refractivity contribution in [1.82, 2.24) is 14.8 Å². The predicted octanol–water partition coefficient (Wildman–Crippen LogP) is 2.07. The molecular weight excluding hydrogens is 314 g/mol. The highest BCUT2D eigenvalue weighted by Crippen LogP contribution is 2.32. The van der Waals surface area contributed by atoms with Crippen molar-refractivity contribution in [3.8, 4) is 0 Å². The van der Waals surface area contributed by atoms with Crippen LogP contribution in [0.25, 0.3) is 0 Å². The molecule has 2 heterocycles. The first-order valence-electron chi connectivity index (χ1n) is 8.37. The third kappa shape index (κ3) is 4.43. The number of pyridine rings is 1. The van der Waals surface area contributed by atoms with Gasteiger partial charge < -0.3 is 10.0 Å². The van der Waals surface area contributed by atoms with Crippen LogP contribution in [0.4, 0.5) is 0 Å². The van der Waals surface area contributed by atoms with Gasteiger partial charge in [-0.1, -0.05) is 30.5 Å². The van der Waals surface area contributed by atoms with E-state index in [-0.39, 0.29) is 12.3 Å². The molecule has 1 amide bonds. The predicted molar refractivity (Wildman–Crippen MR) is 89.1 cm³/mol. The fraction of sp³-hybridized carbons (Fsp3) is 0.647. The zero-order chi connectivity index (χ0) is 16.3. The van der Waals surface area contributed by atoms with Crippen molar-refractivity contribution in [2.75, 3.05) is 26.2 Å². The third-order valence-corrected chi connectivity index (χ3v) is 5.16. The molecule has 2 aliphatic rings. The normalized spacial score (nSPS) is 21.6. The van der Waals surface area contributed by atoms with Crippen LogP contribution in [0.2, 0.25) is 5.15 Å². The van der Waals surface area contributed by atoms with Crippen LogP contribution in [0.3, 0.4) is 0 Å². The molecule has 1 aliphatic carbocycles. The van der Waals surface area contributed by atoms with E-state index in [9.17, 15) is 9.90 Å². The molecule has 23 heavy (non-hydrogen) atoms. The van der Waals surface area contributed by atoms with Gasteiger partial charge in [0.1, 0.15) is 5.15 Å². The summed E-state index contributed by atoms with van der Waals surface area (Å²) in [6, 6.07) is 3.79. The Balaban J connectivity index is 1.46. The lowest BCUT2D eigenvalue weighted by Crippen LogP contribution is -2.49. The number of aromatic nitrogens is 1. The zero-order valence-corrected chi connectivity index (χ0v) is 14.1. The summed E-state index contributed by atoms with van der Waals surface area (Å²) in [5.74, 6) is 0.0993. The van der Waals surface area contributed by atoms with Gasteiger partial charge in [-0.3, -0.25) is 9.69 Å². The van der Waals surface area contributed by atoms with Gasteiger partial charge in [-0.25, -0.2) is 4.98 Å². The van der Waals surface area contributed by atoms with Crippen molar-refractivity contribution in [3.63, 3.8) is 0 Å². The summed E-state index contributed by atoms with van der Waals surface area (Å²) in [6.07, 6.45) is 5.69. The molecule has 1 saturated carbocycles. The van der Waals surface area contributed by atoms with Crippen LogP contribution in [0.15, 0.2) is 18.3 Å². The second-order valence-corrected chi connectivity index (χ2v) is 7.14. The average molecular weight is 338 g/mol. The van der Waals surface area contributed by atoms with Crippen LogP contribution in [-0.2, 0) is 11.3 Å². The van der Waals surface area contributed by atoms with Gasteiger partial charge in [-0.05, 0) is 24.5 Å². The van der Waals surface area contributed by atoms with Gasteiger partial charge in [-0.15, -0.1) is 0 Å². The molecule has 0 aromatic carbocycles. The zero-order valence-electron chi connectivity index (χ0n) is 13.4. The quantitative estimate of drug-likeness (QED) is 0.855. The van der Waals surface area contributed by atoms with Gasteiger partial charge in [0.2, 0.25) is 5.91 Å².